The second-order valence-electron chi connectivity index (χ2n) is 5.31. The van der Waals surface area contributed by atoms with E-state index in [4.69, 9.17) is 11.6 Å². The van der Waals surface area contributed by atoms with Crippen molar-refractivity contribution in [2.45, 2.75) is 6.54 Å². The maximum absolute atomic E-state index is 14.2. The molecule has 2 nitrogen and oxygen atoms in total. The molecule has 0 aliphatic heterocycles. The van der Waals surface area contributed by atoms with Crippen LogP contribution in [0.3, 0.4) is 0 Å². The normalized spacial score (nSPS) is 10.4. The van der Waals surface area contributed by atoms with E-state index in [2.05, 4.69) is 0 Å². The molecule has 1 amide bonds. The van der Waals surface area contributed by atoms with Crippen LogP contribution in [0.4, 0.5) is 10.1 Å². The van der Waals surface area contributed by atoms with E-state index in [1.54, 1.807) is 0 Å². The minimum Gasteiger partial charge on any atom is -0.304 e. The van der Waals surface area contributed by atoms with Crippen LogP contribution in [0.25, 0.3) is 0 Å². The molecule has 0 aliphatic rings. The summed E-state index contributed by atoms with van der Waals surface area (Å²) in [5.41, 5.74) is 1.52. The molecule has 0 aromatic heterocycles. The molecule has 0 N–H and O–H groups in total. The largest absolute Gasteiger partial charge is 0.304 e. The molecule has 0 bridgehead atoms. The third-order valence-corrected chi connectivity index (χ3v) is 3.99. The van der Waals surface area contributed by atoms with Gasteiger partial charge in [-0.2, -0.15) is 0 Å². The summed E-state index contributed by atoms with van der Waals surface area (Å²) in [6, 6.07) is 23.0. The first kappa shape index (κ1) is 16.2. The molecule has 0 atom stereocenters. The van der Waals surface area contributed by atoms with Gasteiger partial charge in [-0.3, -0.25) is 4.79 Å². The lowest BCUT2D eigenvalue weighted by molar-refractivity contribution is 0.0981. The molecule has 0 unspecified atom stereocenters. The minimum absolute atomic E-state index is 0.106. The fourth-order valence-corrected chi connectivity index (χ4v) is 2.74. The zero-order valence-electron chi connectivity index (χ0n) is 12.8. The van der Waals surface area contributed by atoms with E-state index in [1.807, 2.05) is 60.7 Å². The van der Waals surface area contributed by atoms with Crippen LogP contribution in [0, 0.1) is 5.82 Å². The van der Waals surface area contributed by atoms with Crippen LogP contribution in [-0.2, 0) is 6.54 Å². The Bertz CT molecular complexity index is 817. The Morgan fingerprint density at radius 1 is 0.875 bits per heavy atom. The molecule has 4 heteroatoms. The monoisotopic (exact) mass is 339 g/mol. The maximum Gasteiger partial charge on any atom is 0.263 e. The van der Waals surface area contributed by atoms with Gasteiger partial charge in [0.25, 0.3) is 5.91 Å². The third-order valence-electron chi connectivity index (χ3n) is 3.67. The lowest BCUT2D eigenvalue weighted by atomic mass is 10.1. The van der Waals surface area contributed by atoms with Gasteiger partial charge in [-0.15, -0.1) is 0 Å². The Kier molecular flexibility index (Phi) is 4.92. The Balaban J connectivity index is 2.03. The smallest absolute Gasteiger partial charge is 0.263 e. The number of rotatable bonds is 4. The number of nitrogens with zero attached hydrogens (tertiary/aromatic N) is 1. The lowest BCUT2D eigenvalue weighted by Gasteiger charge is -2.24. The van der Waals surface area contributed by atoms with Crippen LogP contribution in [0.15, 0.2) is 78.9 Å². The molecule has 24 heavy (non-hydrogen) atoms. The Labute approximate surface area is 145 Å². The van der Waals surface area contributed by atoms with E-state index >= 15 is 0 Å². The van der Waals surface area contributed by atoms with E-state index in [0.29, 0.717) is 12.2 Å². The molecule has 0 aliphatic carbocycles. The number of benzene rings is 3. The highest BCUT2D eigenvalue weighted by Gasteiger charge is 2.23. The summed E-state index contributed by atoms with van der Waals surface area (Å²) in [4.78, 5) is 14.5. The number of hydrogen-bond donors (Lipinski definition) is 0. The molecule has 0 radical (unpaired) electrons. The summed E-state index contributed by atoms with van der Waals surface area (Å²) >= 11 is 6.07. The van der Waals surface area contributed by atoms with Crippen molar-refractivity contribution in [1.29, 1.82) is 0 Å². The first-order valence-corrected chi connectivity index (χ1v) is 7.89. The highest BCUT2D eigenvalue weighted by molar-refractivity contribution is 6.34. The van der Waals surface area contributed by atoms with Gasteiger partial charge in [0.15, 0.2) is 0 Å². The highest BCUT2D eigenvalue weighted by Crippen LogP contribution is 2.25. The van der Waals surface area contributed by atoms with Gasteiger partial charge in [-0.1, -0.05) is 66.2 Å². The predicted octanol–water partition coefficient (Wildman–Crippen LogP) is 5.33. The fraction of sp³-hybridized carbons (Fsp3) is 0.0500. The standard InChI is InChI=1S/C20H15ClFNO/c21-17-12-7-13-18(22)19(17)20(24)23(16-10-5-2-6-11-16)14-15-8-3-1-4-9-15/h1-13H,14H2. The third kappa shape index (κ3) is 3.47. The average molecular weight is 340 g/mol. The zero-order chi connectivity index (χ0) is 16.9. The van der Waals surface area contributed by atoms with Gasteiger partial charge < -0.3 is 4.90 Å². The first-order valence-electron chi connectivity index (χ1n) is 7.51. The lowest BCUT2D eigenvalue weighted by Crippen LogP contribution is -2.31. The quantitative estimate of drug-likeness (QED) is 0.629. The molecular formula is C20H15ClFNO. The van der Waals surface area contributed by atoms with Crippen molar-refractivity contribution in [3.8, 4) is 0 Å². The van der Waals surface area contributed by atoms with Crippen molar-refractivity contribution in [1.82, 2.24) is 0 Å². The molecule has 0 heterocycles. The van der Waals surface area contributed by atoms with E-state index < -0.39 is 11.7 Å². The molecule has 0 fully saturated rings. The van der Waals surface area contributed by atoms with Crippen LogP contribution in [0.2, 0.25) is 5.02 Å². The van der Waals surface area contributed by atoms with Gasteiger partial charge in [-0.05, 0) is 29.8 Å². The highest BCUT2D eigenvalue weighted by atomic mass is 35.5. The van der Waals surface area contributed by atoms with Gasteiger partial charge in [0.1, 0.15) is 5.82 Å². The molecule has 0 saturated heterocycles. The van der Waals surface area contributed by atoms with Crippen molar-refractivity contribution in [2.24, 2.45) is 0 Å². The average Bonchev–Trinajstić information content (AvgIpc) is 2.61. The summed E-state index contributed by atoms with van der Waals surface area (Å²) in [7, 11) is 0. The molecular weight excluding hydrogens is 325 g/mol. The summed E-state index contributed by atoms with van der Waals surface area (Å²) < 4.78 is 14.2. The number of anilines is 1. The van der Waals surface area contributed by atoms with Crippen molar-refractivity contribution >= 4 is 23.2 Å². The summed E-state index contributed by atoms with van der Waals surface area (Å²) in [5.74, 6) is -1.09. The fourth-order valence-electron chi connectivity index (χ4n) is 2.49. The summed E-state index contributed by atoms with van der Waals surface area (Å²) in [6.07, 6.45) is 0. The molecule has 3 rings (SSSR count). The van der Waals surface area contributed by atoms with E-state index in [0.717, 1.165) is 5.56 Å². The van der Waals surface area contributed by atoms with Crippen molar-refractivity contribution in [3.63, 3.8) is 0 Å². The van der Waals surface area contributed by atoms with Gasteiger partial charge >= 0.3 is 0 Å². The number of amides is 1. The minimum atomic E-state index is -0.624. The van der Waals surface area contributed by atoms with Crippen LogP contribution >= 0.6 is 11.6 Å². The Morgan fingerprint density at radius 2 is 1.50 bits per heavy atom. The molecule has 3 aromatic rings. The van der Waals surface area contributed by atoms with Gasteiger partial charge in [0.05, 0.1) is 17.1 Å². The topological polar surface area (TPSA) is 20.3 Å². The van der Waals surface area contributed by atoms with E-state index in [1.165, 1.54) is 23.1 Å². The van der Waals surface area contributed by atoms with E-state index in [9.17, 15) is 9.18 Å². The number of para-hydroxylation sites is 1. The van der Waals surface area contributed by atoms with Crippen LogP contribution in [-0.4, -0.2) is 5.91 Å². The molecule has 120 valence electrons. The number of halogens is 2. The van der Waals surface area contributed by atoms with Crippen LogP contribution in [0.5, 0.6) is 0 Å². The van der Waals surface area contributed by atoms with Crippen LogP contribution in [0.1, 0.15) is 15.9 Å². The summed E-state index contributed by atoms with van der Waals surface area (Å²) in [6.45, 7) is 0.328. The number of hydrogen-bond acceptors (Lipinski definition) is 1. The SMILES string of the molecule is O=C(c1c(F)cccc1Cl)N(Cc1ccccc1)c1ccccc1. The van der Waals surface area contributed by atoms with Gasteiger partial charge in [0.2, 0.25) is 0 Å². The molecule has 0 saturated carbocycles. The van der Waals surface area contributed by atoms with Crippen LogP contribution < -0.4 is 4.90 Å². The molecule has 3 aromatic carbocycles. The number of carbonyl (C=O) groups is 1. The predicted molar refractivity (Wildman–Crippen MR) is 94.8 cm³/mol. The Morgan fingerprint density at radius 3 is 2.12 bits per heavy atom. The van der Waals surface area contributed by atoms with Gasteiger partial charge in [-0.25, -0.2) is 4.39 Å². The first-order chi connectivity index (χ1) is 11.7. The summed E-state index contributed by atoms with van der Waals surface area (Å²) in [5, 5.41) is 0.106. The van der Waals surface area contributed by atoms with E-state index in [-0.39, 0.29) is 10.6 Å². The van der Waals surface area contributed by atoms with Crippen molar-refractivity contribution in [3.05, 3.63) is 101 Å². The van der Waals surface area contributed by atoms with Crippen molar-refractivity contribution < 1.29 is 9.18 Å². The molecule has 0 spiro atoms. The second kappa shape index (κ2) is 7.28. The Hall–Kier alpha value is -2.65. The zero-order valence-corrected chi connectivity index (χ0v) is 13.6. The number of carbonyl (C=O) groups excluding carboxylic acids is 1. The van der Waals surface area contributed by atoms with Crippen molar-refractivity contribution in [2.75, 3.05) is 4.90 Å². The maximum atomic E-state index is 14.2. The van der Waals surface area contributed by atoms with Gasteiger partial charge in [0, 0.05) is 5.69 Å². The second-order valence-corrected chi connectivity index (χ2v) is 5.72.